The fourth-order valence-corrected chi connectivity index (χ4v) is 4.05. The first-order valence-electron chi connectivity index (χ1n) is 5.77. The smallest absolute Gasteiger partial charge is 0.244 e. The molecule has 0 radical (unpaired) electrons. The van der Waals surface area contributed by atoms with Crippen molar-refractivity contribution in [2.24, 2.45) is 0 Å². The lowest BCUT2D eigenvalue weighted by atomic mass is 10.0. The van der Waals surface area contributed by atoms with Crippen molar-refractivity contribution < 1.29 is 8.42 Å². The van der Waals surface area contributed by atoms with Crippen LogP contribution < -0.4 is 0 Å². The van der Waals surface area contributed by atoms with Crippen LogP contribution in [0.5, 0.6) is 0 Å². The number of hydrogen-bond donors (Lipinski definition) is 0. The van der Waals surface area contributed by atoms with Crippen molar-refractivity contribution in [1.82, 2.24) is 9.29 Å². The third kappa shape index (κ3) is 2.11. The summed E-state index contributed by atoms with van der Waals surface area (Å²) < 4.78 is 26.4. The molecule has 0 aliphatic carbocycles. The zero-order chi connectivity index (χ0) is 13.4. The number of sulfonamides is 1. The van der Waals surface area contributed by atoms with Crippen molar-refractivity contribution in [3.63, 3.8) is 0 Å². The van der Waals surface area contributed by atoms with Crippen LogP contribution in [0.4, 0.5) is 0 Å². The Morgan fingerprint density at radius 3 is 2.61 bits per heavy atom. The second-order valence-electron chi connectivity index (χ2n) is 4.98. The van der Waals surface area contributed by atoms with E-state index < -0.39 is 10.0 Å². The molecule has 18 heavy (non-hydrogen) atoms. The first-order chi connectivity index (χ1) is 8.38. The van der Waals surface area contributed by atoms with Gasteiger partial charge in [0.2, 0.25) is 10.0 Å². The van der Waals surface area contributed by atoms with Crippen LogP contribution in [0, 0.1) is 11.3 Å². The normalized spacial score (nSPS) is 19.6. The third-order valence-corrected chi connectivity index (χ3v) is 5.36. The first kappa shape index (κ1) is 13.0. The summed E-state index contributed by atoms with van der Waals surface area (Å²) in [6.07, 6.45) is 2.98. The Morgan fingerprint density at radius 2 is 2.17 bits per heavy atom. The van der Waals surface area contributed by atoms with Crippen molar-refractivity contribution in [2.45, 2.75) is 37.1 Å². The van der Waals surface area contributed by atoms with Crippen LogP contribution in [0.2, 0.25) is 0 Å². The predicted octanol–water partition coefficient (Wildman–Crippen LogP) is 1.52. The van der Waals surface area contributed by atoms with E-state index in [0.29, 0.717) is 6.54 Å². The van der Waals surface area contributed by atoms with Gasteiger partial charge in [0, 0.05) is 18.3 Å². The van der Waals surface area contributed by atoms with Crippen LogP contribution in [0.15, 0.2) is 23.2 Å². The molecule has 0 amide bonds. The highest BCUT2D eigenvalue weighted by atomic mass is 32.2. The average molecular weight is 265 g/mol. The van der Waals surface area contributed by atoms with Gasteiger partial charge in [0.1, 0.15) is 16.7 Å². The molecule has 0 aromatic carbocycles. The number of nitrogens with zero attached hydrogens (tertiary/aromatic N) is 3. The van der Waals surface area contributed by atoms with E-state index in [2.05, 4.69) is 4.98 Å². The Balaban J connectivity index is 2.39. The summed E-state index contributed by atoms with van der Waals surface area (Å²) >= 11 is 0. The lowest BCUT2D eigenvalue weighted by Gasteiger charge is -2.30. The van der Waals surface area contributed by atoms with Crippen molar-refractivity contribution >= 4 is 10.0 Å². The molecule has 5 nitrogen and oxygen atoms in total. The Labute approximate surface area is 107 Å². The van der Waals surface area contributed by atoms with Gasteiger partial charge in [-0.3, -0.25) is 0 Å². The van der Waals surface area contributed by atoms with Gasteiger partial charge >= 0.3 is 0 Å². The molecule has 0 N–H and O–H groups in total. The zero-order valence-corrected chi connectivity index (χ0v) is 11.2. The minimum Gasteiger partial charge on any atom is -0.244 e. The van der Waals surface area contributed by atoms with Gasteiger partial charge in [-0.1, -0.05) is 0 Å². The molecule has 0 atom stereocenters. The zero-order valence-electron chi connectivity index (χ0n) is 10.4. The fraction of sp³-hybridized carbons (Fsp3) is 0.500. The summed E-state index contributed by atoms with van der Waals surface area (Å²) in [6.45, 7) is 4.39. The van der Waals surface area contributed by atoms with Gasteiger partial charge in [-0.05, 0) is 38.8 Å². The Morgan fingerprint density at radius 1 is 1.44 bits per heavy atom. The summed E-state index contributed by atoms with van der Waals surface area (Å²) in [5, 5.41) is 8.65. The summed E-state index contributed by atoms with van der Waals surface area (Å²) in [5.74, 6) is 0. The van der Waals surface area contributed by atoms with E-state index >= 15 is 0 Å². The highest BCUT2D eigenvalue weighted by Crippen LogP contribution is 2.33. The van der Waals surface area contributed by atoms with Crippen LogP contribution >= 0.6 is 0 Å². The molecule has 6 heteroatoms. The third-order valence-electron chi connectivity index (χ3n) is 3.26. The van der Waals surface area contributed by atoms with Gasteiger partial charge in [0.15, 0.2) is 0 Å². The molecule has 0 saturated carbocycles. The van der Waals surface area contributed by atoms with E-state index in [1.807, 2.05) is 19.9 Å². The lowest BCUT2D eigenvalue weighted by Crippen LogP contribution is -2.42. The topological polar surface area (TPSA) is 74.1 Å². The molecule has 1 fully saturated rings. The van der Waals surface area contributed by atoms with Crippen LogP contribution in [0.1, 0.15) is 32.4 Å². The maximum atomic E-state index is 12.5. The van der Waals surface area contributed by atoms with Crippen LogP contribution in [-0.2, 0) is 10.0 Å². The molecular formula is C12H15N3O2S. The second kappa shape index (κ2) is 4.34. The highest BCUT2D eigenvalue weighted by molar-refractivity contribution is 7.89. The summed E-state index contributed by atoms with van der Waals surface area (Å²) in [5.41, 5.74) is -0.137. The van der Waals surface area contributed by atoms with E-state index in [9.17, 15) is 8.42 Å². The molecule has 0 spiro atoms. The standard InChI is InChI=1S/C12H15N3O2S/c1-12(2)6-3-7-15(12)18(16,17)11-5-4-10(8-13)14-9-11/h4-5,9H,3,6-7H2,1-2H3. The maximum Gasteiger partial charge on any atom is 0.245 e. The Bertz CT molecular complexity index is 585. The molecule has 96 valence electrons. The fourth-order valence-electron chi connectivity index (χ4n) is 2.25. The summed E-state index contributed by atoms with van der Waals surface area (Å²) in [4.78, 5) is 3.97. The highest BCUT2D eigenvalue weighted by Gasteiger charge is 2.40. The van der Waals surface area contributed by atoms with E-state index in [1.54, 1.807) is 0 Å². The monoisotopic (exact) mass is 265 g/mol. The van der Waals surface area contributed by atoms with Crippen molar-refractivity contribution in [3.05, 3.63) is 24.0 Å². The van der Waals surface area contributed by atoms with Gasteiger partial charge in [0.05, 0.1) is 0 Å². The average Bonchev–Trinajstić information content (AvgIpc) is 2.69. The van der Waals surface area contributed by atoms with Crippen LogP contribution in [-0.4, -0.2) is 29.8 Å². The van der Waals surface area contributed by atoms with Gasteiger partial charge < -0.3 is 0 Å². The van der Waals surface area contributed by atoms with Gasteiger partial charge in [-0.2, -0.15) is 9.57 Å². The van der Waals surface area contributed by atoms with E-state index in [1.165, 1.54) is 22.6 Å². The largest absolute Gasteiger partial charge is 0.245 e. The predicted molar refractivity (Wildman–Crippen MR) is 66.2 cm³/mol. The van der Waals surface area contributed by atoms with Crippen LogP contribution in [0.25, 0.3) is 0 Å². The molecule has 1 aromatic heterocycles. The number of hydrogen-bond acceptors (Lipinski definition) is 4. The SMILES string of the molecule is CC1(C)CCCN1S(=O)(=O)c1ccc(C#N)nc1. The molecule has 0 bridgehead atoms. The maximum absolute atomic E-state index is 12.5. The van der Waals surface area contributed by atoms with E-state index in [0.717, 1.165) is 12.8 Å². The number of rotatable bonds is 2. The molecule has 1 saturated heterocycles. The molecule has 0 unspecified atom stereocenters. The minimum atomic E-state index is -3.51. The molecule has 1 aliphatic rings. The molecule has 2 rings (SSSR count). The number of pyridine rings is 1. The summed E-state index contributed by atoms with van der Waals surface area (Å²) in [7, 11) is -3.51. The second-order valence-corrected chi connectivity index (χ2v) is 6.85. The number of nitriles is 1. The number of aromatic nitrogens is 1. The van der Waals surface area contributed by atoms with Gasteiger partial charge in [0.25, 0.3) is 0 Å². The Kier molecular flexibility index (Phi) is 3.13. The van der Waals surface area contributed by atoms with Crippen molar-refractivity contribution in [1.29, 1.82) is 5.26 Å². The molecule has 1 aromatic rings. The van der Waals surface area contributed by atoms with Crippen molar-refractivity contribution in [3.8, 4) is 6.07 Å². The van der Waals surface area contributed by atoms with Gasteiger partial charge in [-0.25, -0.2) is 13.4 Å². The lowest BCUT2D eigenvalue weighted by molar-refractivity contribution is 0.291. The van der Waals surface area contributed by atoms with Crippen molar-refractivity contribution in [2.75, 3.05) is 6.54 Å². The molecular weight excluding hydrogens is 250 g/mol. The molecule has 2 heterocycles. The van der Waals surface area contributed by atoms with E-state index in [4.69, 9.17) is 5.26 Å². The quantitative estimate of drug-likeness (QED) is 0.812. The Hall–Kier alpha value is -1.45. The van der Waals surface area contributed by atoms with Gasteiger partial charge in [-0.15, -0.1) is 0 Å². The minimum absolute atomic E-state index is 0.150. The first-order valence-corrected chi connectivity index (χ1v) is 7.21. The summed E-state index contributed by atoms with van der Waals surface area (Å²) in [6, 6.07) is 4.74. The van der Waals surface area contributed by atoms with E-state index in [-0.39, 0.29) is 16.1 Å². The molecule has 1 aliphatic heterocycles. The van der Waals surface area contributed by atoms with Crippen LogP contribution in [0.3, 0.4) is 0 Å².